The molecular weight excluding hydrogens is 442 g/mol. The van der Waals surface area contributed by atoms with Crippen LogP contribution >= 0.6 is 23.2 Å². The number of likely N-dealkylation sites (N-methyl/N-ethyl adjacent to an activating group) is 1. The Hall–Kier alpha value is -2.39. The SMILES string of the molecule is CN1C(=O)N(c2cc(Cl)cc(Cl)c2)C(=O)C1(C)Cc1c(F)c(F)c(F)c(F)c1F. The molecule has 1 fully saturated rings. The molecule has 3 amide bonds. The number of benzene rings is 2. The van der Waals surface area contributed by atoms with E-state index in [0.29, 0.717) is 4.90 Å². The maximum atomic E-state index is 14.1. The highest BCUT2D eigenvalue weighted by molar-refractivity contribution is 6.35. The van der Waals surface area contributed by atoms with E-state index < -0.39 is 58.5 Å². The summed E-state index contributed by atoms with van der Waals surface area (Å²) in [6, 6.07) is 3.00. The molecule has 4 nitrogen and oxygen atoms in total. The van der Waals surface area contributed by atoms with Gasteiger partial charge in [-0.05, 0) is 25.1 Å². The monoisotopic (exact) mass is 452 g/mol. The molecule has 1 aliphatic rings. The summed E-state index contributed by atoms with van der Waals surface area (Å²) in [5, 5.41) is 0.230. The van der Waals surface area contributed by atoms with E-state index in [0.717, 1.165) is 11.8 Å². The second-order valence-corrected chi connectivity index (χ2v) is 7.48. The Kier molecular flexibility index (Phi) is 5.25. The Morgan fingerprint density at radius 3 is 1.79 bits per heavy atom. The van der Waals surface area contributed by atoms with Crippen LogP contribution in [0.25, 0.3) is 0 Å². The number of hydrogen-bond donors (Lipinski definition) is 0. The van der Waals surface area contributed by atoms with Crippen molar-refractivity contribution < 1.29 is 31.5 Å². The molecule has 1 unspecified atom stereocenters. The average Bonchev–Trinajstić information content (AvgIpc) is 2.82. The number of hydrogen-bond acceptors (Lipinski definition) is 2. The van der Waals surface area contributed by atoms with Gasteiger partial charge in [-0.25, -0.2) is 31.6 Å². The molecule has 0 bridgehead atoms. The third-order valence-electron chi connectivity index (χ3n) is 4.81. The van der Waals surface area contributed by atoms with Crippen molar-refractivity contribution in [3.8, 4) is 0 Å². The molecule has 0 saturated carbocycles. The van der Waals surface area contributed by atoms with Crippen molar-refractivity contribution in [2.75, 3.05) is 11.9 Å². The lowest BCUT2D eigenvalue weighted by Gasteiger charge is -2.28. The van der Waals surface area contributed by atoms with Gasteiger partial charge in [-0.3, -0.25) is 4.79 Å². The smallest absolute Gasteiger partial charge is 0.312 e. The Balaban J connectivity index is 2.09. The van der Waals surface area contributed by atoms with Gasteiger partial charge in [0.2, 0.25) is 5.82 Å². The van der Waals surface area contributed by atoms with Crippen molar-refractivity contribution >= 4 is 40.8 Å². The summed E-state index contributed by atoms with van der Waals surface area (Å²) in [6.07, 6.45) is -0.954. The van der Waals surface area contributed by atoms with E-state index in [1.54, 1.807) is 0 Å². The first-order valence-corrected chi connectivity index (χ1v) is 8.74. The predicted molar refractivity (Wildman–Crippen MR) is 95.4 cm³/mol. The second-order valence-electron chi connectivity index (χ2n) is 6.61. The number of urea groups is 1. The van der Waals surface area contributed by atoms with Gasteiger partial charge in [0, 0.05) is 29.1 Å². The predicted octanol–water partition coefficient (Wildman–Crippen LogP) is 5.09. The van der Waals surface area contributed by atoms with Gasteiger partial charge in [0.05, 0.1) is 5.69 Å². The van der Waals surface area contributed by atoms with Crippen molar-refractivity contribution in [2.45, 2.75) is 18.9 Å². The first-order valence-electron chi connectivity index (χ1n) is 7.99. The fourth-order valence-electron chi connectivity index (χ4n) is 3.07. The first-order chi connectivity index (χ1) is 13.4. The lowest BCUT2D eigenvalue weighted by molar-refractivity contribution is -0.123. The third kappa shape index (κ3) is 3.22. The van der Waals surface area contributed by atoms with Crippen LogP contribution in [-0.4, -0.2) is 29.4 Å². The molecule has 0 aliphatic carbocycles. The topological polar surface area (TPSA) is 40.6 Å². The van der Waals surface area contributed by atoms with Gasteiger partial charge in [-0.2, -0.15) is 0 Å². The van der Waals surface area contributed by atoms with Crippen LogP contribution in [0.3, 0.4) is 0 Å². The molecule has 1 saturated heterocycles. The van der Waals surface area contributed by atoms with Crippen LogP contribution < -0.4 is 4.90 Å². The molecule has 2 aromatic rings. The molecular formula is C18H11Cl2F5N2O2. The van der Waals surface area contributed by atoms with Crippen LogP contribution in [0.5, 0.6) is 0 Å². The van der Waals surface area contributed by atoms with E-state index in [2.05, 4.69) is 0 Å². The van der Waals surface area contributed by atoms with Crippen LogP contribution in [0.1, 0.15) is 12.5 Å². The molecule has 11 heteroatoms. The van der Waals surface area contributed by atoms with Crippen molar-refractivity contribution in [1.29, 1.82) is 0 Å². The number of nitrogens with zero attached hydrogens (tertiary/aromatic N) is 2. The number of halogens is 7. The summed E-state index contributed by atoms with van der Waals surface area (Å²) in [7, 11) is 1.17. The highest BCUT2D eigenvalue weighted by Gasteiger charge is 2.54. The fraction of sp³-hybridized carbons (Fsp3) is 0.222. The fourth-order valence-corrected chi connectivity index (χ4v) is 3.59. The van der Waals surface area contributed by atoms with Crippen molar-refractivity contribution in [3.05, 3.63) is 62.9 Å². The first kappa shape index (κ1) is 21.3. The van der Waals surface area contributed by atoms with E-state index in [1.165, 1.54) is 25.2 Å². The van der Waals surface area contributed by atoms with E-state index in [1.807, 2.05) is 0 Å². The minimum Gasteiger partial charge on any atom is -0.312 e. The standard InChI is InChI=1S/C18H11Cl2F5N2O2/c1-18(6-10-11(21)13(23)15(25)14(24)12(10)22)16(28)27(17(29)26(18)2)9-4-7(19)3-8(20)5-9/h3-5H,6H2,1-2H3. The number of amides is 3. The van der Waals surface area contributed by atoms with Gasteiger partial charge in [0.15, 0.2) is 23.3 Å². The van der Waals surface area contributed by atoms with E-state index in [-0.39, 0.29) is 15.7 Å². The second kappa shape index (κ2) is 7.14. The molecule has 29 heavy (non-hydrogen) atoms. The maximum absolute atomic E-state index is 14.1. The van der Waals surface area contributed by atoms with Gasteiger partial charge in [-0.15, -0.1) is 0 Å². The van der Waals surface area contributed by atoms with Crippen molar-refractivity contribution in [1.82, 2.24) is 4.90 Å². The molecule has 1 atom stereocenters. The lowest BCUT2D eigenvalue weighted by Crippen LogP contribution is -2.47. The summed E-state index contributed by atoms with van der Waals surface area (Å²) >= 11 is 11.8. The van der Waals surface area contributed by atoms with E-state index in [9.17, 15) is 31.5 Å². The van der Waals surface area contributed by atoms with Gasteiger partial charge in [0.25, 0.3) is 5.91 Å². The molecule has 154 valence electrons. The lowest BCUT2D eigenvalue weighted by atomic mass is 9.90. The van der Waals surface area contributed by atoms with Gasteiger partial charge >= 0.3 is 6.03 Å². The Morgan fingerprint density at radius 2 is 1.31 bits per heavy atom. The van der Waals surface area contributed by atoms with Crippen LogP contribution in [0.4, 0.5) is 32.4 Å². The molecule has 2 aromatic carbocycles. The summed E-state index contributed by atoms with van der Waals surface area (Å²) in [5.74, 6) is -11.7. The Morgan fingerprint density at radius 1 is 0.862 bits per heavy atom. The summed E-state index contributed by atoms with van der Waals surface area (Å²) in [4.78, 5) is 27.2. The van der Waals surface area contributed by atoms with Crippen LogP contribution in [0, 0.1) is 29.1 Å². The zero-order valence-corrected chi connectivity index (χ0v) is 16.3. The zero-order valence-electron chi connectivity index (χ0n) is 14.8. The zero-order chi connectivity index (χ0) is 21.8. The van der Waals surface area contributed by atoms with Crippen molar-refractivity contribution in [3.63, 3.8) is 0 Å². The summed E-state index contributed by atoms with van der Waals surface area (Å²) in [5.41, 5.74) is -3.15. The van der Waals surface area contributed by atoms with Gasteiger partial charge in [-0.1, -0.05) is 23.2 Å². The highest BCUT2D eigenvalue weighted by atomic mass is 35.5. The molecule has 0 aromatic heterocycles. The Bertz CT molecular complexity index is 1020. The van der Waals surface area contributed by atoms with Crippen molar-refractivity contribution in [2.24, 2.45) is 0 Å². The quantitative estimate of drug-likeness (QED) is 0.281. The van der Waals surface area contributed by atoms with Gasteiger partial charge < -0.3 is 4.90 Å². The maximum Gasteiger partial charge on any atom is 0.332 e. The summed E-state index contributed by atoms with van der Waals surface area (Å²) < 4.78 is 68.6. The molecule has 0 spiro atoms. The normalized spacial score (nSPS) is 19.5. The number of imide groups is 1. The Labute approximate surface area is 171 Å². The minimum atomic E-state index is -2.31. The number of carbonyl (C=O) groups excluding carboxylic acids is 2. The van der Waals surface area contributed by atoms with Crippen LogP contribution in [-0.2, 0) is 11.2 Å². The molecule has 1 aliphatic heterocycles. The molecule has 0 radical (unpaired) electrons. The van der Waals surface area contributed by atoms with E-state index >= 15 is 0 Å². The van der Waals surface area contributed by atoms with E-state index in [4.69, 9.17) is 23.2 Å². The third-order valence-corrected chi connectivity index (χ3v) is 5.25. The molecule has 0 N–H and O–H groups in total. The number of carbonyl (C=O) groups is 2. The number of anilines is 1. The number of rotatable bonds is 3. The van der Waals surface area contributed by atoms with Crippen LogP contribution in [0.15, 0.2) is 18.2 Å². The summed E-state index contributed by atoms with van der Waals surface area (Å²) in [6.45, 7) is 1.15. The van der Waals surface area contributed by atoms with Crippen LogP contribution in [0.2, 0.25) is 10.0 Å². The van der Waals surface area contributed by atoms with Gasteiger partial charge in [0.1, 0.15) is 5.54 Å². The average molecular weight is 453 g/mol. The minimum absolute atomic E-state index is 0.00881. The molecule has 3 rings (SSSR count). The molecule has 1 heterocycles. The largest absolute Gasteiger partial charge is 0.332 e. The highest BCUT2D eigenvalue weighted by Crippen LogP contribution is 2.37.